The molecular formula is C22H26N2O5. The van der Waals surface area contributed by atoms with Crippen molar-refractivity contribution in [2.24, 2.45) is 23.7 Å². The van der Waals surface area contributed by atoms with E-state index in [0.717, 1.165) is 35.3 Å². The second-order valence-electron chi connectivity index (χ2n) is 8.58. The van der Waals surface area contributed by atoms with Gasteiger partial charge in [-0.2, -0.15) is 0 Å². The average molecular weight is 398 g/mol. The van der Waals surface area contributed by atoms with Crippen molar-refractivity contribution in [1.29, 1.82) is 0 Å². The van der Waals surface area contributed by atoms with Crippen molar-refractivity contribution in [3.8, 4) is 0 Å². The molecule has 3 amide bonds. The highest BCUT2D eigenvalue weighted by Crippen LogP contribution is 2.56. The summed E-state index contributed by atoms with van der Waals surface area (Å²) in [4.78, 5) is 51.3. The number of carbonyl (C=O) groups is 4. The maximum atomic E-state index is 12.8. The first-order valence-corrected chi connectivity index (χ1v) is 10.2. The summed E-state index contributed by atoms with van der Waals surface area (Å²) in [7, 11) is 0. The minimum Gasteiger partial charge on any atom is -0.454 e. The summed E-state index contributed by atoms with van der Waals surface area (Å²) in [5, 5.41) is 2.72. The SMILES string of the molecule is Cc1ccc(C)c(NC(=O)COC(=O)[C@@H](C)N2C(=O)[C@@H]3[C@H]4CC[C@@H](C4)[C@@H]3C2=O)c1. The van der Waals surface area contributed by atoms with E-state index < -0.39 is 24.5 Å². The third-order valence-electron chi connectivity index (χ3n) is 6.70. The van der Waals surface area contributed by atoms with Crippen LogP contribution in [0.2, 0.25) is 0 Å². The van der Waals surface area contributed by atoms with E-state index in [1.54, 1.807) is 0 Å². The Balaban J connectivity index is 1.35. The molecule has 3 aliphatic rings. The molecular weight excluding hydrogens is 372 g/mol. The first-order valence-electron chi connectivity index (χ1n) is 10.2. The summed E-state index contributed by atoms with van der Waals surface area (Å²) in [5.41, 5.74) is 2.56. The van der Waals surface area contributed by atoms with Crippen molar-refractivity contribution >= 4 is 29.4 Å². The summed E-state index contributed by atoms with van der Waals surface area (Å²) in [6.45, 7) is 4.81. The molecule has 29 heavy (non-hydrogen) atoms. The van der Waals surface area contributed by atoms with Gasteiger partial charge in [-0.25, -0.2) is 4.79 Å². The van der Waals surface area contributed by atoms with Gasteiger partial charge >= 0.3 is 5.97 Å². The van der Waals surface area contributed by atoms with E-state index in [9.17, 15) is 19.2 Å². The topological polar surface area (TPSA) is 92.8 Å². The van der Waals surface area contributed by atoms with Crippen LogP contribution in [0, 0.1) is 37.5 Å². The third-order valence-corrected chi connectivity index (χ3v) is 6.70. The van der Waals surface area contributed by atoms with Crippen LogP contribution in [0.5, 0.6) is 0 Å². The second-order valence-corrected chi connectivity index (χ2v) is 8.58. The fourth-order valence-electron chi connectivity index (χ4n) is 5.23. The molecule has 2 saturated carbocycles. The molecule has 4 rings (SSSR count). The average Bonchev–Trinajstić information content (AvgIpc) is 3.36. The molecule has 0 radical (unpaired) electrons. The van der Waals surface area contributed by atoms with Gasteiger partial charge in [0.2, 0.25) is 11.8 Å². The Morgan fingerprint density at radius 2 is 1.76 bits per heavy atom. The zero-order valence-electron chi connectivity index (χ0n) is 16.9. The maximum absolute atomic E-state index is 12.8. The van der Waals surface area contributed by atoms with Gasteiger partial charge in [0.15, 0.2) is 6.61 Å². The van der Waals surface area contributed by atoms with Crippen LogP contribution in [0.4, 0.5) is 5.69 Å². The molecule has 1 N–H and O–H groups in total. The number of likely N-dealkylation sites (tertiary alicyclic amines) is 1. The molecule has 154 valence electrons. The van der Waals surface area contributed by atoms with Gasteiger partial charge in [-0.05, 0) is 69.1 Å². The summed E-state index contributed by atoms with van der Waals surface area (Å²) in [6, 6.07) is 4.66. The number of nitrogens with zero attached hydrogens (tertiary/aromatic N) is 1. The van der Waals surface area contributed by atoms with Gasteiger partial charge in [0.25, 0.3) is 5.91 Å². The molecule has 0 spiro atoms. The van der Waals surface area contributed by atoms with Crippen LogP contribution in [0.3, 0.4) is 0 Å². The van der Waals surface area contributed by atoms with Gasteiger partial charge in [-0.1, -0.05) is 12.1 Å². The number of amides is 3. The summed E-state index contributed by atoms with van der Waals surface area (Å²) >= 11 is 0. The van der Waals surface area contributed by atoms with Gasteiger partial charge < -0.3 is 10.1 Å². The van der Waals surface area contributed by atoms with Crippen LogP contribution in [0.15, 0.2) is 18.2 Å². The second kappa shape index (κ2) is 7.28. The van der Waals surface area contributed by atoms with E-state index in [-0.39, 0.29) is 35.5 Å². The first-order chi connectivity index (χ1) is 13.8. The van der Waals surface area contributed by atoms with E-state index in [4.69, 9.17) is 4.74 Å². The largest absolute Gasteiger partial charge is 0.454 e. The van der Waals surface area contributed by atoms with Gasteiger partial charge in [0.05, 0.1) is 11.8 Å². The molecule has 0 unspecified atom stereocenters. The van der Waals surface area contributed by atoms with Crippen LogP contribution in [-0.2, 0) is 23.9 Å². The molecule has 1 saturated heterocycles. The van der Waals surface area contributed by atoms with Gasteiger partial charge in [-0.3, -0.25) is 19.3 Å². The van der Waals surface area contributed by atoms with Gasteiger partial charge in [-0.15, -0.1) is 0 Å². The number of benzene rings is 1. The minimum atomic E-state index is -1.02. The van der Waals surface area contributed by atoms with E-state index in [1.165, 1.54) is 6.92 Å². The number of nitrogens with one attached hydrogen (secondary N) is 1. The molecule has 0 aromatic heterocycles. The van der Waals surface area contributed by atoms with Gasteiger partial charge in [0.1, 0.15) is 6.04 Å². The Bertz CT molecular complexity index is 867. The number of hydrogen-bond donors (Lipinski definition) is 1. The Hall–Kier alpha value is -2.70. The number of hydrogen-bond acceptors (Lipinski definition) is 5. The lowest BCUT2D eigenvalue weighted by atomic mass is 9.81. The first kappa shape index (κ1) is 19.6. The highest BCUT2D eigenvalue weighted by Gasteiger charge is 2.62. The normalized spacial score (nSPS) is 28.4. The molecule has 7 heteroatoms. The number of aryl methyl sites for hydroxylation is 2. The van der Waals surface area contributed by atoms with E-state index in [2.05, 4.69) is 5.32 Å². The minimum absolute atomic E-state index is 0.253. The van der Waals surface area contributed by atoms with Crippen LogP contribution >= 0.6 is 0 Å². The van der Waals surface area contributed by atoms with Crippen molar-refractivity contribution in [2.75, 3.05) is 11.9 Å². The highest BCUT2D eigenvalue weighted by atomic mass is 16.5. The zero-order valence-corrected chi connectivity index (χ0v) is 16.9. The van der Waals surface area contributed by atoms with Crippen LogP contribution in [0.25, 0.3) is 0 Å². The number of fused-ring (bicyclic) bond motifs is 5. The molecule has 2 aliphatic carbocycles. The molecule has 1 aliphatic heterocycles. The Kier molecular flexibility index (Phi) is 4.92. The number of carbonyl (C=O) groups excluding carboxylic acids is 4. The van der Waals surface area contributed by atoms with E-state index >= 15 is 0 Å². The van der Waals surface area contributed by atoms with Crippen LogP contribution in [0.1, 0.15) is 37.3 Å². The molecule has 5 atom stereocenters. The number of rotatable bonds is 5. The summed E-state index contributed by atoms with van der Waals surface area (Å²) in [6.07, 6.45) is 2.91. The Morgan fingerprint density at radius 3 is 2.38 bits per heavy atom. The standard InChI is InChI=1S/C22H26N2O5/c1-11-4-5-12(2)16(8-11)23-17(25)10-29-22(28)13(3)24-20(26)18-14-6-7-15(9-14)19(18)21(24)27/h4-5,8,13-15,18-19H,6-7,9-10H2,1-3H3,(H,23,25)/t13-,14+,15+,18-,19+/m1/s1. The highest BCUT2D eigenvalue weighted by molar-refractivity contribution is 6.08. The molecule has 2 bridgehead atoms. The number of imide groups is 1. The third kappa shape index (κ3) is 3.32. The number of anilines is 1. The lowest BCUT2D eigenvalue weighted by molar-refractivity contribution is -0.159. The molecule has 1 aromatic carbocycles. The lowest BCUT2D eigenvalue weighted by Crippen LogP contribution is -2.45. The quantitative estimate of drug-likeness (QED) is 0.606. The maximum Gasteiger partial charge on any atom is 0.329 e. The predicted molar refractivity (Wildman–Crippen MR) is 105 cm³/mol. The van der Waals surface area contributed by atoms with E-state index in [1.807, 2.05) is 32.0 Å². The van der Waals surface area contributed by atoms with Crippen molar-refractivity contribution in [2.45, 2.75) is 46.1 Å². The van der Waals surface area contributed by atoms with Crippen LogP contribution in [-0.4, -0.2) is 41.2 Å². The van der Waals surface area contributed by atoms with Crippen molar-refractivity contribution in [3.63, 3.8) is 0 Å². The van der Waals surface area contributed by atoms with E-state index in [0.29, 0.717) is 5.69 Å². The Morgan fingerprint density at radius 1 is 1.14 bits per heavy atom. The predicted octanol–water partition coefficient (Wildman–Crippen LogP) is 2.20. The zero-order chi connectivity index (χ0) is 20.9. The lowest BCUT2D eigenvalue weighted by Gasteiger charge is -2.23. The molecule has 1 aromatic rings. The summed E-state index contributed by atoms with van der Waals surface area (Å²) < 4.78 is 5.11. The summed E-state index contributed by atoms with van der Waals surface area (Å²) in [5.74, 6) is -1.74. The number of ether oxygens (including phenoxy) is 1. The van der Waals surface area contributed by atoms with Crippen molar-refractivity contribution in [3.05, 3.63) is 29.3 Å². The van der Waals surface area contributed by atoms with Crippen molar-refractivity contribution < 1.29 is 23.9 Å². The van der Waals surface area contributed by atoms with Gasteiger partial charge in [0, 0.05) is 5.69 Å². The molecule has 7 nitrogen and oxygen atoms in total. The Labute approximate surface area is 169 Å². The smallest absolute Gasteiger partial charge is 0.329 e. The molecule has 1 heterocycles. The monoisotopic (exact) mass is 398 g/mol. The van der Waals surface area contributed by atoms with Crippen molar-refractivity contribution in [1.82, 2.24) is 4.90 Å². The molecule has 3 fully saturated rings. The number of esters is 1. The van der Waals surface area contributed by atoms with Crippen LogP contribution < -0.4 is 5.32 Å². The fourth-order valence-corrected chi connectivity index (χ4v) is 5.23. The fraction of sp³-hybridized carbons (Fsp3) is 0.545.